The van der Waals surface area contributed by atoms with Gasteiger partial charge in [0.2, 0.25) is 5.91 Å². The van der Waals surface area contributed by atoms with Crippen LogP contribution in [0.25, 0.3) is 0 Å². The molecule has 1 fully saturated rings. The van der Waals surface area contributed by atoms with E-state index in [9.17, 15) is 9.18 Å². The number of rotatable bonds is 3. The Labute approximate surface area is 127 Å². The molecule has 110 valence electrons. The fraction of sp³-hybridized carbons (Fsp3) is 0.312. The smallest absolute Gasteiger partial charge is 0.224 e. The van der Waals surface area contributed by atoms with Crippen LogP contribution in [0.2, 0.25) is 0 Å². The highest BCUT2D eigenvalue weighted by atomic mass is 32.2. The topological polar surface area (TPSA) is 33.5 Å². The standard InChI is InChI=1S/C16H16FNO2S/c1-11-6-7-14(20-11)16-18(15(19)8-9-21-16)10-12-4-2-3-5-13(12)17/h2-7,16H,8-10H2,1H3. The Morgan fingerprint density at radius 1 is 1.33 bits per heavy atom. The minimum absolute atomic E-state index is 0.0380. The van der Waals surface area contributed by atoms with Crippen LogP contribution in [0.3, 0.4) is 0 Å². The van der Waals surface area contributed by atoms with E-state index in [1.54, 1.807) is 34.9 Å². The van der Waals surface area contributed by atoms with Gasteiger partial charge >= 0.3 is 0 Å². The molecule has 0 bridgehead atoms. The number of furan rings is 1. The highest BCUT2D eigenvalue weighted by Crippen LogP contribution is 2.39. The van der Waals surface area contributed by atoms with Crippen LogP contribution in [0.15, 0.2) is 40.8 Å². The van der Waals surface area contributed by atoms with E-state index >= 15 is 0 Å². The van der Waals surface area contributed by atoms with Crippen LogP contribution >= 0.6 is 11.8 Å². The Hall–Kier alpha value is -1.75. The zero-order valence-electron chi connectivity index (χ0n) is 11.7. The maximum absolute atomic E-state index is 13.8. The maximum Gasteiger partial charge on any atom is 0.224 e. The van der Waals surface area contributed by atoms with E-state index in [-0.39, 0.29) is 23.6 Å². The summed E-state index contributed by atoms with van der Waals surface area (Å²) < 4.78 is 19.5. The second-order valence-corrected chi connectivity index (χ2v) is 6.22. The molecule has 1 unspecified atom stereocenters. The van der Waals surface area contributed by atoms with Crippen LogP contribution < -0.4 is 0 Å². The molecule has 0 spiro atoms. The van der Waals surface area contributed by atoms with Gasteiger partial charge in [-0.05, 0) is 25.1 Å². The van der Waals surface area contributed by atoms with E-state index in [0.29, 0.717) is 12.0 Å². The van der Waals surface area contributed by atoms with Gasteiger partial charge in [0, 0.05) is 17.7 Å². The number of benzene rings is 1. The SMILES string of the molecule is Cc1ccc(C2SCCC(=O)N2Cc2ccccc2F)o1. The fourth-order valence-electron chi connectivity index (χ4n) is 2.43. The third-order valence-electron chi connectivity index (χ3n) is 3.50. The van der Waals surface area contributed by atoms with Crippen molar-refractivity contribution in [2.45, 2.75) is 25.3 Å². The molecule has 0 aliphatic carbocycles. The number of aryl methyl sites for hydroxylation is 1. The maximum atomic E-state index is 13.8. The summed E-state index contributed by atoms with van der Waals surface area (Å²) in [7, 11) is 0. The average molecular weight is 305 g/mol. The zero-order valence-corrected chi connectivity index (χ0v) is 12.5. The van der Waals surface area contributed by atoms with Gasteiger partial charge < -0.3 is 9.32 Å². The third-order valence-corrected chi connectivity index (χ3v) is 4.74. The molecule has 1 saturated heterocycles. The molecule has 5 heteroatoms. The normalized spacial score (nSPS) is 19.0. The third kappa shape index (κ3) is 2.97. The van der Waals surface area contributed by atoms with Crippen molar-refractivity contribution in [3.63, 3.8) is 0 Å². The molecule has 1 aromatic carbocycles. The number of carbonyl (C=O) groups excluding carboxylic acids is 1. The average Bonchev–Trinajstić information content (AvgIpc) is 2.90. The van der Waals surface area contributed by atoms with Crippen molar-refractivity contribution in [1.29, 1.82) is 0 Å². The number of nitrogens with zero attached hydrogens (tertiary/aromatic N) is 1. The van der Waals surface area contributed by atoms with Crippen molar-refractivity contribution >= 4 is 17.7 Å². The van der Waals surface area contributed by atoms with Crippen molar-refractivity contribution in [2.75, 3.05) is 5.75 Å². The van der Waals surface area contributed by atoms with E-state index in [0.717, 1.165) is 17.3 Å². The summed E-state index contributed by atoms with van der Waals surface area (Å²) in [5, 5.41) is -0.181. The summed E-state index contributed by atoms with van der Waals surface area (Å²) in [5.41, 5.74) is 0.529. The zero-order chi connectivity index (χ0) is 14.8. The first-order valence-corrected chi connectivity index (χ1v) is 7.91. The van der Waals surface area contributed by atoms with E-state index in [1.165, 1.54) is 6.07 Å². The van der Waals surface area contributed by atoms with E-state index < -0.39 is 0 Å². The largest absolute Gasteiger partial charge is 0.463 e. The van der Waals surface area contributed by atoms with Crippen LogP contribution in [-0.4, -0.2) is 16.6 Å². The molecule has 0 radical (unpaired) electrons. The number of halogens is 1. The van der Waals surface area contributed by atoms with Crippen LogP contribution in [0.4, 0.5) is 4.39 Å². The lowest BCUT2D eigenvalue weighted by Gasteiger charge is -2.34. The van der Waals surface area contributed by atoms with Gasteiger partial charge in [-0.15, -0.1) is 11.8 Å². The fourth-order valence-corrected chi connectivity index (χ4v) is 3.60. The molecule has 0 saturated carbocycles. The Morgan fingerprint density at radius 2 is 2.14 bits per heavy atom. The predicted molar refractivity (Wildman–Crippen MR) is 80.2 cm³/mol. The highest BCUT2D eigenvalue weighted by molar-refractivity contribution is 7.99. The molecule has 3 nitrogen and oxygen atoms in total. The number of amides is 1. The van der Waals surface area contributed by atoms with Gasteiger partial charge in [-0.3, -0.25) is 4.79 Å². The monoisotopic (exact) mass is 305 g/mol. The molecule has 0 N–H and O–H groups in total. The van der Waals surface area contributed by atoms with Crippen LogP contribution in [0, 0.1) is 12.7 Å². The van der Waals surface area contributed by atoms with E-state index in [1.807, 2.05) is 19.1 Å². The number of hydrogen-bond acceptors (Lipinski definition) is 3. The van der Waals surface area contributed by atoms with Gasteiger partial charge in [0.15, 0.2) is 0 Å². The van der Waals surface area contributed by atoms with Crippen molar-refractivity contribution in [3.8, 4) is 0 Å². The lowest BCUT2D eigenvalue weighted by atomic mass is 10.2. The summed E-state index contributed by atoms with van der Waals surface area (Å²) >= 11 is 1.66. The summed E-state index contributed by atoms with van der Waals surface area (Å²) in [6.07, 6.45) is 0.481. The molecule has 1 atom stereocenters. The molecule has 1 aliphatic rings. The summed E-state index contributed by atoms with van der Waals surface area (Å²) in [4.78, 5) is 13.9. The Balaban J connectivity index is 1.88. The highest BCUT2D eigenvalue weighted by Gasteiger charge is 2.32. The molecule has 2 aromatic rings. The first-order valence-electron chi connectivity index (χ1n) is 6.86. The van der Waals surface area contributed by atoms with Crippen molar-refractivity contribution in [3.05, 3.63) is 59.3 Å². The van der Waals surface area contributed by atoms with Gasteiger partial charge in [0.1, 0.15) is 22.7 Å². The van der Waals surface area contributed by atoms with E-state index in [2.05, 4.69) is 0 Å². The Bertz CT molecular complexity index is 655. The lowest BCUT2D eigenvalue weighted by molar-refractivity contribution is -0.133. The molecule has 2 heterocycles. The number of carbonyl (C=O) groups is 1. The Morgan fingerprint density at radius 3 is 2.86 bits per heavy atom. The predicted octanol–water partition coefficient (Wildman–Crippen LogP) is 3.89. The summed E-state index contributed by atoms with van der Waals surface area (Å²) in [5.74, 6) is 2.08. The van der Waals surface area contributed by atoms with Crippen LogP contribution in [0.1, 0.15) is 28.9 Å². The second-order valence-electron chi connectivity index (χ2n) is 5.03. The molecule has 21 heavy (non-hydrogen) atoms. The van der Waals surface area contributed by atoms with Gasteiger partial charge in [-0.2, -0.15) is 0 Å². The van der Waals surface area contributed by atoms with E-state index in [4.69, 9.17) is 4.42 Å². The lowest BCUT2D eigenvalue weighted by Crippen LogP contribution is -2.36. The first kappa shape index (κ1) is 14.2. The minimum atomic E-state index is -0.282. The molecule has 1 amide bonds. The molecule has 1 aromatic heterocycles. The van der Waals surface area contributed by atoms with Gasteiger partial charge in [-0.1, -0.05) is 18.2 Å². The molecule has 1 aliphatic heterocycles. The number of hydrogen-bond donors (Lipinski definition) is 0. The quantitative estimate of drug-likeness (QED) is 0.862. The minimum Gasteiger partial charge on any atom is -0.463 e. The van der Waals surface area contributed by atoms with Crippen LogP contribution in [-0.2, 0) is 11.3 Å². The second kappa shape index (κ2) is 5.93. The Kier molecular flexibility index (Phi) is 4.01. The molecular formula is C16H16FNO2S. The number of thioether (sulfide) groups is 1. The van der Waals surface area contributed by atoms with Gasteiger partial charge in [0.05, 0.1) is 6.54 Å². The molecule has 3 rings (SSSR count). The van der Waals surface area contributed by atoms with Crippen molar-refractivity contribution in [2.24, 2.45) is 0 Å². The molecular weight excluding hydrogens is 289 g/mol. The van der Waals surface area contributed by atoms with Crippen molar-refractivity contribution < 1.29 is 13.6 Å². The summed E-state index contributed by atoms with van der Waals surface area (Å²) in [6, 6.07) is 10.3. The van der Waals surface area contributed by atoms with Gasteiger partial charge in [-0.25, -0.2) is 4.39 Å². The summed E-state index contributed by atoms with van der Waals surface area (Å²) in [6.45, 7) is 2.14. The van der Waals surface area contributed by atoms with Gasteiger partial charge in [0.25, 0.3) is 0 Å². The van der Waals surface area contributed by atoms with Crippen LogP contribution in [0.5, 0.6) is 0 Å². The van der Waals surface area contributed by atoms with Crippen molar-refractivity contribution in [1.82, 2.24) is 4.90 Å². The first-order chi connectivity index (χ1) is 10.1.